The van der Waals surface area contributed by atoms with Crippen molar-refractivity contribution in [1.29, 1.82) is 0 Å². The third-order valence-corrected chi connectivity index (χ3v) is 2.27. The van der Waals surface area contributed by atoms with Crippen LogP contribution in [0.1, 0.15) is 13.8 Å². The highest BCUT2D eigenvalue weighted by atomic mass is 16.7. The van der Waals surface area contributed by atoms with Crippen molar-refractivity contribution < 1.29 is 28.8 Å². The molecule has 0 aliphatic heterocycles. The van der Waals surface area contributed by atoms with Crippen molar-refractivity contribution in [2.45, 2.75) is 19.9 Å². The largest absolute Gasteiger partial charge is 0.362 e. The molecule has 0 bridgehead atoms. The number of carbonyl (C=O) groups is 5. The predicted molar refractivity (Wildman–Crippen MR) is 70.3 cm³/mol. The lowest BCUT2D eigenvalue weighted by atomic mass is 10.1. The van der Waals surface area contributed by atoms with E-state index in [1.54, 1.807) is 5.48 Å². The van der Waals surface area contributed by atoms with Gasteiger partial charge in [0.2, 0.25) is 11.8 Å². The lowest BCUT2D eigenvalue weighted by Gasteiger charge is -2.27. The molecule has 0 fully saturated rings. The zero-order valence-electron chi connectivity index (χ0n) is 11.8. The van der Waals surface area contributed by atoms with E-state index in [1.807, 2.05) is 0 Å². The molecule has 0 saturated heterocycles. The molecule has 0 aliphatic carbocycles. The van der Waals surface area contributed by atoms with Crippen molar-refractivity contribution in [3.05, 3.63) is 12.2 Å². The molecule has 116 valence electrons. The van der Waals surface area contributed by atoms with E-state index in [9.17, 15) is 24.0 Å². The fourth-order valence-corrected chi connectivity index (χ4v) is 1.34. The van der Waals surface area contributed by atoms with E-state index in [0.29, 0.717) is 11.2 Å². The van der Waals surface area contributed by atoms with Crippen LogP contribution in [-0.2, 0) is 28.8 Å². The van der Waals surface area contributed by atoms with Gasteiger partial charge in [0.25, 0.3) is 0 Å². The maximum absolute atomic E-state index is 12.0. The van der Waals surface area contributed by atoms with E-state index < -0.39 is 42.7 Å². The van der Waals surface area contributed by atoms with Crippen LogP contribution in [0.15, 0.2) is 12.2 Å². The minimum Gasteiger partial charge on any atom is -0.338 e. The summed E-state index contributed by atoms with van der Waals surface area (Å²) < 4.78 is 0. The number of nitrogens with two attached hydrogens (primary N) is 1. The van der Waals surface area contributed by atoms with Crippen LogP contribution < -0.4 is 11.2 Å². The van der Waals surface area contributed by atoms with Crippen LogP contribution in [0.4, 0.5) is 0 Å². The van der Waals surface area contributed by atoms with E-state index in [0.717, 1.165) is 6.92 Å². The summed E-state index contributed by atoms with van der Waals surface area (Å²) >= 11 is 0. The van der Waals surface area contributed by atoms with Gasteiger partial charge in [0.1, 0.15) is 6.29 Å². The summed E-state index contributed by atoms with van der Waals surface area (Å²) in [6, 6.07) is -1.74. The molecule has 0 aromatic carbocycles. The Balaban J connectivity index is 5.45. The number of amides is 2. The second-order valence-electron chi connectivity index (χ2n) is 4.04. The van der Waals surface area contributed by atoms with Gasteiger partial charge in [-0.3, -0.25) is 14.4 Å². The van der Waals surface area contributed by atoms with Gasteiger partial charge in [0.05, 0.1) is 13.1 Å². The zero-order chi connectivity index (χ0) is 16.6. The molecule has 0 spiro atoms. The van der Waals surface area contributed by atoms with Crippen molar-refractivity contribution in [3.63, 3.8) is 0 Å². The number of rotatable bonds is 7. The highest BCUT2D eigenvalue weighted by molar-refractivity contribution is 6.13. The van der Waals surface area contributed by atoms with Gasteiger partial charge in [-0.05, 0) is 12.5 Å². The molecular formula is C12H17N3O6. The Bertz CT molecular complexity index is 474. The molecule has 9 heteroatoms. The van der Waals surface area contributed by atoms with Crippen LogP contribution in [0.5, 0.6) is 0 Å². The molecule has 1 atom stereocenters. The van der Waals surface area contributed by atoms with Crippen molar-refractivity contribution in [1.82, 2.24) is 10.4 Å². The van der Waals surface area contributed by atoms with E-state index >= 15 is 0 Å². The van der Waals surface area contributed by atoms with Crippen molar-refractivity contribution in [3.8, 4) is 0 Å². The molecule has 0 aromatic rings. The molecule has 0 unspecified atom stereocenters. The molecule has 9 nitrogen and oxygen atoms in total. The number of hydroxylamine groups is 1. The summed E-state index contributed by atoms with van der Waals surface area (Å²) in [4.78, 5) is 62.0. The van der Waals surface area contributed by atoms with Crippen molar-refractivity contribution in [2.24, 2.45) is 5.73 Å². The van der Waals surface area contributed by atoms with E-state index in [2.05, 4.69) is 11.4 Å². The topological polar surface area (TPSA) is 136 Å². The smallest absolute Gasteiger partial charge is 0.338 e. The molecule has 0 radical (unpaired) electrons. The molecule has 21 heavy (non-hydrogen) atoms. The number of Topliss-reactive ketones (excluding diaryl/α,β-unsaturated/α-hetero) is 1. The average Bonchev–Trinajstić information content (AvgIpc) is 2.43. The number of carbonyl (C=O) groups excluding carboxylic acids is 5. The molecule has 0 saturated carbocycles. The van der Waals surface area contributed by atoms with Crippen LogP contribution in [0.3, 0.4) is 0 Å². The van der Waals surface area contributed by atoms with Gasteiger partial charge in [-0.1, -0.05) is 6.58 Å². The normalized spacial score (nSPS) is 11.0. The number of ketones is 1. The Morgan fingerprint density at radius 3 is 2.29 bits per heavy atom. The van der Waals surface area contributed by atoms with Gasteiger partial charge >= 0.3 is 5.97 Å². The lowest BCUT2D eigenvalue weighted by molar-refractivity contribution is -0.166. The van der Waals surface area contributed by atoms with Gasteiger partial charge < -0.3 is 20.3 Å². The standard InChI is InChI=1S/C12H17N3O6/c1-7(2)11(19)10(12(20)21-14-8(3)17)15(4-5-16)9(18)6-13/h5,10H,1,4,6,13H2,2-3H3,(H,14,17)/t10-/m0/s1. The lowest BCUT2D eigenvalue weighted by Crippen LogP contribution is -2.54. The number of hydrogen-bond donors (Lipinski definition) is 2. The number of nitrogens with zero attached hydrogens (tertiary/aromatic N) is 1. The summed E-state index contributed by atoms with van der Waals surface area (Å²) in [6.07, 6.45) is 0.331. The fraction of sp³-hybridized carbons (Fsp3) is 0.417. The number of aldehydes is 1. The summed E-state index contributed by atoms with van der Waals surface area (Å²) in [5.74, 6) is -3.53. The van der Waals surface area contributed by atoms with E-state index in [1.165, 1.54) is 6.92 Å². The molecule has 0 heterocycles. The van der Waals surface area contributed by atoms with Crippen LogP contribution in [0.25, 0.3) is 0 Å². The fourth-order valence-electron chi connectivity index (χ4n) is 1.34. The highest BCUT2D eigenvalue weighted by Gasteiger charge is 2.37. The molecule has 0 rings (SSSR count). The molecule has 3 N–H and O–H groups in total. The summed E-state index contributed by atoms with van der Waals surface area (Å²) in [5, 5.41) is 0. The third kappa shape index (κ3) is 5.53. The first-order valence-electron chi connectivity index (χ1n) is 5.86. The number of hydrogen-bond acceptors (Lipinski definition) is 7. The molecule has 2 amide bonds. The van der Waals surface area contributed by atoms with Gasteiger partial charge in [-0.25, -0.2) is 4.79 Å². The minimum atomic E-state index is -1.74. The Labute approximate surface area is 121 Å². The minimum absolute atomic E-state index is 0.0273. The maximum atomic E-state index is 12.0. The van der Waals surface area contributed by atoms with Gasteiger partial charge in [-0.2, -0.15) is 5.48 Å². The van der Waals surface area contributed by atoms with Gasteiger partial charge in [0, 0.05) is 6.92 Å². The Hall–Kier alpha value is -2.55. The second kappa shape index (κ2) is 8.59. The molecule has 0 aromatic heterocycles. The van der Waals surface area contributed by atoms with E-state index in [-0.39, 0.29) is 5.57 Å². The first kappa shape index (κ1) is 18.4. The zero-order valence-corrected chi connectivity index (χ0v) is 11.8. The monoisotopic (exact) mass is 299 g/mol. The first-order chi connectivity index (χ1) is 9.76. The first-order valence-corrected chi connectivity index (χ1v) is 5.86. The van der Waals surface area contributed by atoms with E-state index in [4.69, 9.17) is 5.73 Å². The summed E-state index contributed by atoms with van der Waals surface area (Å²) in [6.45, 7) is 4.74. The Morgan fingerprint density at radius 1 is 1.33 bits per heavy atom. The van der Waals surface area contributed by atoms with Crippen LogP contribution in [0.2, 0.25) is 0 Å². The summed E-state index contributed by atoms with van der Waals surface area (Å²) in [7, 11) is 0. The molecule has 0 aliphatic rings. The highest BCUT2D eigenvalue weighted by Crippen LogP contribution is 2.08. The van der Waals surface area contributed by atoms with Gasteiger partial charge in [-0.15, -0.1) is 0 Å². The van der Waals surface area contributed by atoms with Crippen LogP contribution in [0, 0.1) is 0 Å². The second-order valence-corrected chi connectivity index (χ2v) is 4.04. The number of nitrogens with one attached hydrogen (secondary N) is 1. The van der Waals surface area contributed by atoms with Crippen LogP contribution >= 0.6 is 0 Å². The van der Waals surface area contributed by atoms with Crippen molar-refractivity contribution in [2.75, 3.05) is 13.1 Å². The maximum Gasteiger partial charge on any atom is 0.362 e. The molecular weight excluding hydrogens is 282 g/mol. The van der Waals surface area contributed by atoms with Crippen LogP contribution in [-0.4, -0.2) is 53.9 Å². The summed E-state index contributed by atoms with van der Waals surface area (Å²) in [5.41, 5.74) is 6.90. The average molecular weight is 299 g/mol. The Kier molecular flexibility index (Phi) is 7.54. The quantitative estimate of drug-likeness (QED) is 0.242. The van der Waals surface area contributed by atoms with Crippen molar-refractivity contribution >= 4 is 29.9 Å². The van der Waals surface area contributed by atoms with Gasteiger partial charge in [0.15, 0.2) is 11.8 Å². The third-order valence-electron chi connectivity index (χ3n) is 2.27. The Morgan fingerprint density at radius 2 is 1.90 bits per heavy atom. The predicted octanol–water partition coefficient (Wildman–Crippen LogP) is -1.92. The SMILES string of the molecule is C=C(C)C(=O)[C@@H](C(=O)ONC(C)=O)N(CC=O)C(=O)CN.